The molecule has 0 fully saturated rings. The molecule has 1 atom stereocenters. The monoisotopic (exact) mass is 257 g/mol. The molecule has 5 nitrogen and oxygen atoms in total. The van der Waals surface area contributed by atoms with Crippen LogP contribution in [-0.4, -0.2) is 27.8 Å². The van der Waals surface area contributed by atoms with Crippen molar-refractivity contribution in [3.05, 3.63) is 47.0 Å². The first-order valence-electron chi connectivity index (χ1n) is 6.47. The van der Waals surface area contributed by atoms with Gasteiger partial charge in [0.15, 0.2) is 0 Å². The fourth-order valence-corrected chi connectivity index (χ4v) is 2.56. The number of benzene rings is 1. The molecule has 0 amide bonds. The van der Waals surface area contributed by atoms with E-state index in [1.54, 1.807) is 6.92 Å². The van der Waals surface area contributed by atoms with Gasteiger partial charge in [-0.15, -0.1) is 10.2 Å². The van der Waals surface area contributed by atoms with Crippen molar-refractivity contribution < 1.29 is 9.53 Å². The van der Waals surface area contributed by atoms with Crippen molar-refractivity contribution in [2.75, 3.05) is 6.61 Å². The molecule has 0 bridgehead atoms. The molecular weight excluding hydrogens is 242 g/mol. The van der Waals surface area contributed by atoms with Gasteiger partial charge >= 0.3 is 5.97 Å². The van der Waals surface area contributed by atoms with Gasteiger partial charge in [-0.05, 0) is 30.9 Å². The van der Waals surface area contributed by atoms with E-state index in [1.165, 1.54) is 11.1 Å². The molecule has 1 aliphatic carbocycles. The van der Waals surface area contributed by atoms with Gasteiger partial charge in [0.2, 0.25) is 5.82 Å². The van der Waals surface area contributed by atoms with Crippen molar-refractivity contribution in [2.24, 2.45) is 0 Å². The van der Waals surface area contributed by atoms with Crippen molar-refractivity contribution in [1.82, 2.24) is 15.2 Å². The van der Waals surface area contributed by atoms with Crippen LogP contribution in [0.5, 0.6) is 0 Å². The van der Waals surface area contributed by atoms with Crippen LogP contribution in [0.15, 0.2) is 24.3 Å². The summed E-state index contributed by atoms with van der Waals surface area (Å²) in [5.41, 5.74) is 2.62. The van der Waals surface area contributed by atoms with Crippen LogP contribution in [-0.2, 0) is 11.2 Å². The predicted octanol–water partition coefficient (Wildman–Crippen LogP) is 2.06. The Morgan fingerprint density at radius 1 is 1.42 bits per heavy atom. The zero-order valence-electron chi connectivity index (χ0n) is 10.7. The maximum atomic E-state index is 11.6. The van der Waals surface area contributed by atoms with Crippen molar-refractivity contribution in [3.63, 3.8) is 0 Å². The lowest BCUT2D eigenvalue weighted by molar-refractivity contribution is 0.0512. The van der Waals surface area contributed by atoms with Gasteiger partial charge in [-0.2, -0.15) is 0 Å². The minimum Gasteiger partial charge on any atom is -0.460 e. The molecule has 3 rings (SSSR count). The van der Waals surface area contributed by atoms with Crippen molar-refractivity contribution in [2.45, 2.75) is 25.7 Å². The third-order valence-corrected chi connectivity index (χ3v) is 3.44. The largest absolute Gasteiger partial charge is 0.460 e. The number of aryl methyl sites for hydroxylation is 1. The Hall–Kier alpha value is -2.17. The molecule has 0 saturated heterocycles. The van der Waals surface area contributed by atoms with Gasteiger partial charge in [-0.25, -0.2) is 4.79 Å². The Kier molecular flexibility index (Phi) is 3.03. The minimum atomic E-state index is -0.451. The van der Waals surface area contributed by atoms with Gasteiger partial charge in [0.25, 0.3) is 0 Å². The number of nitrogens with zero attached hydrogens (tertiary/aromatic N) is 2. The summed E-state index contributed by atoms with van der Waals surface area (Å²) in [7, 11) is 0. The number of carbonyl (C=O) groups is 1. The lowest BCUT2D eigenvalue weighted by Crippen LogP contribution is -2.07. The summed E-state index contributed by atoms with van der Waals surface area (Å²) in [5, 5.41) is 7.97. The van der Waals surface area contributed by atoms with Gasteiger partial charge in [0, 0.05) is 5.92 Å². The summed E-state index contributed by atoms with van der Waals surface area (Å²) in [6.45, 7) is 2.10. The number of hydrogen-bond donors (Lipinski definition) is 1. The second-order valence-corrected chi connectivity index (χ2v) is 4.57. The topological polar surface area (TPSA) is 67.9 Å². The van der Waals surface area contributed by atoms with Gasteiger partial charge in [-0.1, -0.05) is 24.3 Å². The minimum absolute atomic E-state index is 0.182. The van der Waals surface area contributed by atoms with Crippen molar-refractivity contribution in [3.8, 4) is 0 Å². The first-order valence-corrected chi connectivity index (χ1v) is 6.47. The second kappa shape index (κ2) is 4.84. The second-order valence-electron chi connectivity index (χ2n) is 4.57. The molecule has 1 N–H and O–H groups in total. The number of ether oxygens (including phenoxy) is 1. The normalized spacial score (nSPS) is 17.2. The highest BCUT2D eigenvalue weighted by molar-refractivity contribution is 5.84. The summed E-state index contributed by atoms with van der Waals surface area (Å²) in [6, 6.07) is 8.32. The summed E-state index contributed by atoms with van der Waals surface area (Å²) in [6.07, 6.45) is 2.03. The van der Waals surface area contributed by atoms with Crippen molar-refractivity contribution in [1.29, 1.82) is 0 Å². The van der Waals surface area contributed by atoms with Gasteiger partial charge in [-0.3, -0.25) is 0 Å². The molecule has 1 heterocycles. The fourth-order valence-electron chi connectivity index (χ4n) is 2.56. The van der Waals surface area contributed by atoms with Crippen LogP contribution in [0.2, 0.25) is 0 Å². The van der Waals surface area contributed by atoms with E-state index in [0.717, 1.165) is 18.7 Å². The first kappa shape index (κ1) is 11.9. The summed E-state index contributed by atoms with van der Waals surface area (Å²) in [4.78, 5) is 14.5. The molecule has 98 valence electrons. The Bertz CT molecular complexity index is 606. The number of nitrogens with one attached hydrogen (secondary N) is 1. The maximum absolute atomic E-state index is 11.6. The zero-order valence-corrected chi connectivity index (χ0v) is 10.7. The SMILES string of the molecule is CCOC(=O)c1nnc(C2CCc3ccccc32)[nH]1. The number of rotatable bonds is 3. The van der Waals surface area contributed by atoms with E-state index in [-0.39, 0.29) is 11.7 Å². The Labute approximate surface area is 111 Å². The van der Waals surface area contributed by atoms with E-state index in [2.05, 4.69) is 27.3 Å². The molecule has 0 radical (unpaired) electrons. The molecule has 2 aromatic rings. The highest BCUT2D eigenvalue weighted by Gasteiger charge is 2.27. The smallest absolute Gasteiger partial charge is 0.376 e. The number of aromatic nitrogens is 3. The molecule has 1 aliphatic rings. The number of H-pyrrole nitrogens is 1. The van der Waals surface area contributed by atoms with Gasteiger partial charge in [0.05, 0.1) is 6.61 Å². The zero-order chi connectivity index (χ0) is 13.2. The van der Waals surface area contributed by atoms with Crippen LogP contribution in [0.1, 0.15) is 46.8 Å². The number of carbonyl (C=O) groups excluding carboxylic acids is 1. The van der Waals surface area contributed by atoms with Crippen LogP contribution in [0.4, 0.5) is 0 Å². The molecule has 1 aromatic carbocycles. The third-order valence-electron chi connectivity index (χ3n) is 3.44. The van der Waals surface area contributed by atoms with E-state index in [1.807, 2.05) is 12.1 Å². The van der Waals surface area contributed by atoms with Crippen LogP contribution >= 0.6 is 0 Å². The van der Waals surface area contributed by atoms with Crippen LogP contribution in [0, 0.1) is 0 Å². The van der Waals surface area contributed by atoms with E-state index in [4.69, 9.17) is 4.74 Å². The molecule has 1 aromatic heterocycles. The average molecular weight is 257 g/mol. The third kappa shape index (κ3) is 2.12. The highest BCUT2D eigenvalue weighted by Crippen LogP contribution is 2.36. The number of esters is 1. The molecule has 5 heteroatoms. The first-order chi connectivity index (χ1) is 9.29. The van der Waals surface area contributed by atoms with E-state index in [0.29, 0.717) is 6.61 Å². The summed E-state index contributed by atoms with van der Waals surface area (Å²) < 4.78 is 4.90. The van der Waals surface area contributed by atoms with E-state index < -0.39 is 5.97 Å². The molecular formula is C14H15N3O2. The predicted molar refractivity (Wildman–Crippen MR) is 68.9 cm³/mol. The Balaban J connectivity index is 1.87. The molecule has 0 aliphatic heterocycles. The fraction of sp³-hybridized carbons (Fsp3) is 0.357. The van der Waals surface area contributed by atoms with Crippen LogP contribution in [0.25, 0.3) is 0 Å². The maximum Gasteiger partial charge on any atom is 0.376 e. The van der Waals surface area contributed by atoms with E-state index >= 15 is 0 Å². The van der Waals surface area contributed by atoms with E-state index in [9.17, 15) is 4.79 Å². The Morgan fingerprint density at radius 2 is 2.26 bits per heavy atom. The van der Waals surface area contributed by atoms with Gasteiger partial charge in [0.1, 0.15) is 5.82 Å². The van der Waals surface area contributed by atoms with Gasteiger partial charge < -0.3 is 9.72 Å². The Morgan fingerprint density at radius 3 is 3.11 bits per heavy atom. The molecule has 0 saturated carbocycles. The van der Waals surface area contributed by atoms with Crippen molar-refractivity contribution >= 4 is 5.97 Å². The standard InChI is InChI=1S/C14H15N3O2/c1-2-19-14(18)13-15-12(16-17-13)11-8-7-9-5-3-4-6-10(9)11/h3-6,11H,2,7-8H2,1H3,(H,15,16,17). The molecule has 0 spiro atoms. The summed E-state index contributed by atoms with van der Waals surface area (Å²) >= 11 is 0. The number of hydrogen-bond acceptors (Lipinski definition) is 4. The number of aromatic amines is 1. The lowest BCUT2D eigenvalue weighted by atomic mass is 10.0. The average Bonchev–Trinajstić information content (AvgIpc) is 3.05. The van der Waals surface area contributed by atoms with Crippen LogP contribution < -0.4 is 0 Å². The highest BCUT2D eigenvalue weighted by atomic mass is 16.5. The number of fused-ring (bicyclic) bond motifs is 1. The molecule has 1 unspecified atom stereocenters. The summed E-state index contributed by atoms with van der Waals surface area (Å²) in [5.74, 6) is 0.675. The molecule has 19 heavy (non-hydrogen) atoms. The quantitative estimate of drug-likeness (QED) is 0.854. The van der Waals surface area contributed by atoms with Crippen LogP contribution in [0.3, 0.4) is 0 Å². The lowest BCUT2D eigenvalue weighted by Gasteiger charge is -2.06.